The summed E-state index contributed by atoms with van der Waals surface area (Å²) in [7, 11) is 2.98. The van der Waals surface area contributed by atoms with Gasteiger partial charge >= 0.3 is 0 Å². The van der Waals surface area contributed by atoms with Crippen molar-refractivity contribution in [1.82, 2.24) is 10.6 Å². The molecule has 2 aromatic heterocycles. The lowest BCUT2D eigenvalue weighted by molar-refractivity contribution is -0.120. The Morgan fingerprint density at radius 3 is 1.46 bits per heavy atom. The van der Waals surface area contributed by atoms with E-state index >= 15 is 0 Å². The average Bonchev–Trinajstić information content (AvgIpc) is 3.70. The van der Waals surface area contributed by atoms with Crippen molar-refractivity contribution < 1.29 is 41.9 Å². The first-order valence-corrected chi connectivity index (χ1v) is 15.9. The summed E-state index contributed by atoms with van der Waals surface area (Å²) < 4.78 is 38.2. The Balaban J connectivity index is 1.33. The van der Waals surface area contributed by atoms with E-state index in [1.807, 2.05) is 31.2 Å². The number of nitrogens with one attached hydrogen (secondary N) is 2. The SMILES string of the molecule is CNC(=O)c1c(-c2ccc(C)cc2)oc2ccc3c(c12)CC(=O)COc1ccc2oc(-c4ccc(F)cc4)c(C(=O)NC)c2c1CC(=O)CO3. The van der Waals surface area contributed by atoms with E-state index in [0.717, 1.165) is 5.56 Å². The number of fused-ring (bicyclic) bond motifs is 6. The number of ketones is 2. The lowest BCUT2D eigenvalue weighted by atomic mass is 9.96. The summed E-state index contributed by atoms with van der Waals surface area (Å²) in [4.78, 5) is 54.0. The molecular formula is C39H31FN2O8. The van der Waals surface area contributed by atoms with E-state index in [0.29, 0.717) is 50.0 Å². The van der Waals surface area contributed by atoms with Crippen LogP contribution in [0.1, 0.15) is 37.4 Å². The molecule has 6 aromatic rings. The lowest BCUT2D eigenvalue weighted by Gasteiger charge is -2.17. The number of halogens is 1. The quantitative estimate of drug-likeness (QED) is 0.220. The van der Waals surface area contributed by atoms with E-state index in [1.54, 1.807) is 24.3 Å². The summed E-state index contributed by atoms with van der Waals surface area (Å²) in [5.41, 5.74) is 3.96. The maximum Gasteiger partial charge on any atom is 0.255 e. The molecule has 3 heterocycles. The van der Waals surface area contributed by atoms with Crippen molar-refractivity contribution >= 4 is 45.3 Å². The maximum atomic E-state index is 13.7. The zero-order valence-electron chi connectivity index (χ0n) is 27.4. The summed E-state index contributed by atoms with van der Waals surface area (Å²) in [6.07, 6.45) is -0.420. The van der Waals surface area contributed by atoms with Crippen LogP contribution in [-0.4, -0.2) is 50.7 Å². The second-order valence-corrected chi connectivity index (χ2v) is 12.0. The van der Waals surface area contributed by atoms with Gasteiger partial charge in [0.25, 0.3) is 11.8 Å². The van der Waals surface area contributed by atoms with Gasteiger partial charge in [-0.05, 0) is 55.5 Å². The molecule has 2 amide bonds. The Morgan fingerprint density at radius 1 is 0.620 bits per heavy atom. The highest BCUT2D eigenvalue weighted by Gasteiger charge is 2.30. The van der Waals surface area contributed by atoms with Crippen LogP contribution in [0.5, 0.6) is 11.5 Å². The zero-order chi connectivity index (χ0) is 35.1. The summed E-state index contributed by atoms with van der Waals surface area (Å²) in [6, 6.07) is 19.5. The van der Waals surface area contributed by atoms with Crippen LogP contribution in [0.3, 0.4) is 0 Å². The topological polar surface area (TPSA) is 137 Å². The molecular weight excluding hydrogens is 643 g/mol. The largest absolute Gasteiger partial charge is 0.486 e. The third-order valence-electron chi connectivity index (χ3n) is 8.70. The first-order chi connectivity index (χ1) is 24.2. The smallest absolute Gasteiger partial charge is 0.255 e. The monoisotopic (exact) mass is 674 g/mol. The normalized spacial score (nSPS) is 13.4. The number of amides is 2. The zero-order valence-corrected chi connectivity index (χ0v) is 27.4. The van der Waals surface area contributed by atoms with Gasteiger partial charge in [-0.3, -0.25) is 19.2 Å². The highest BCUT2D eigenvalue weighted by Crippen LogP contribution is 2.42. The summed E-state index contributed by atoms with van der Waals surface area (Å²) in [5, 5.41) is 6.03. The second kappa shape index (κ2) is 13.0. The first-order valence-electron chi connectivity index (χ1n) is 15.9. The number of ether oxygens (including phenoxy) is 2. The molecule has 1 aliphatic heterocycles. The van der Waals surface area contributed by atoms with Crippen LogP contribution in [0, 0.1) is 12.7 Å². The Morgan fingerprint density at radius 2 is 1.04 bits per heavy atom. The molecule has 0 bridgehead atoms. The van der Waals surface area contributed by atoms with E-state index < -0.39 is 30.8 Å². The molecule has 0 atom stereocenters. The van der Waals surface area contributed by atoms with Gasteiger partial charge < -0.3 is 28.9 Å². The molecule has 4 aromatic carbocycles. The minimum absolute atomic E-state index is 0.139. The third-order valence-corrected chi connectivity index (χ3v) is 8.70. The Bertz CT molecular complexity index is 2170. The predicted octanol–water partition coefficient (Wildman–Crippen LogP) is 6.37. The summed E-state index contributed by atoms with van der Waals surface area (Å²) in [6.45, 7) is 1.17. The molecule has 2 N–H and O–H groups in total. The van der Waals surface area contributed by atoms with Crippen LogP contribution in [0.25, 0.3) is 44.6 Å². The molecule has 10 nitrogen and oxygen atoms in total. The van der Waals surface area contributed by atoms with Gasteiger partial charge in [0.1, 0.15) is 53.2 Å². The van der Waals surface area contributed by atoms with E-state index in [4.69, 9.17) is 18.3 Å². The van der Waals surface area contributed by atoms with Gasteiger partial charge in [0.2, 0.25) is 0 Å². The third kappa shape index (κ3) is 5.76. The Kier molecular flexibility index (Phi) is 8.40. The van der Waals surface area contributed by atoms with Gasteiger partial charge in [-0.15, -0.1) is 0 Å². The number of furan rings is 2. The molecule has 0 radical (unpaired) electrons. The minimum atomic E-state index is -0.489. The van der Waals surface area contributed by atoms with Gasteiger partial charge in [0, 0.05) is 60.0 Å². The number of rotatable bonds is 4. The number of carbonyl (C=O) groups excluding carboxylic acids is 4. The number of benzene rings is 4. The van der Waals surface area contributed by atoms with Crippen molar-refractivity contribution in [2.45, 2.75) is 19.8 Å². The van der Waals surface area contributed by atoms with Crippen LogP contribution >= 0.6 is 0 Å². The molecule has 0 unspecified atom stereocenters. The Hall–Kier alpha value is -6.23. The molecule has 0 aliphatic carbocycles. The number of carbonyl (C=O) groups is 4. The molecule has 0 saturated heterocycles. The number of hydrogen-bond donors (Lipinski definition) is 2. The number of aryl methyl sites for hydroxylation is 1. The van der Waals surface area contributed by atoms with Crippen LogP contribution < -0.4 is 20.1 Å². The van der Waals surface area contributed by atoms with Crippen molar-refractivity contribution in [2.75, 3.05) is 27.3 Å². The highest BCUT2D eigenvalue weighted by atomic mass is 19.1. The van der Waals surface area contributed by atoms with E-state index in [-0.39, 0.29) is 52.8 Å². The van der Waals surface area contributed by atoms with Gasteiger partial charge in [-0.25, -0.2) is 4.39 Å². The second-order valence-electron chi connectivity index (χ2n) is 12.0. The standard InChI is InChI=1S/C39H31FN2O8/c1-20-4-6-21(7-5-20)36-34(38(45)41-2)32-26-16-24(43)18-48-29-13-15-31-33(27(29)17-25(44)19-47-28(26)12-14-30(32)49-36)35(39(46)42-3)37(50-31)22-8-10-23(40)11-9-22/h4-15H,16-19H2,1-3H3,(H,41,45)(H,42,46). The molecule has 0 spiro atoms. The number of hydrogen-bond acceptors (Lipinski definition) is 8. The van der Waals surface area contributed by atoms with E-state index in [9.17, 15) is 23.6 Å². The molecule has 252 valence electrons. The summed E-state index contributed by atoms with van der Waals surface area (Å²) in [5.74, 6) is -1.07. The molecule has 0 saturated carbocycles. The molecule has 0 fully saturated rings. The van der Waals surface area contributed by atoms with Crippen molar-refractivity contribution in [2.24, 2.45) is 0 Å². The fourth-order valence-corrected chi connectivity index (χ4v) is 6.31. The van der Waals surface area contributed by atoms with Crippen LogP contribution in [-0.2, 0) is 22.4 Å². The molecule has 50 heavy (non-hydrogen) atoms. The van der Waals surface area contributed by atoms with E-state index in [1.165, 1.54) is 38.4 Å². The van der Waals surface area contributed by atoms with Gasteiger partial charge in [-0.1, -0.05) is 29.8 Å². The van der Waals surface area contributed by atoms with Crippen LogP contribution in [0.15, 0.2) is 81.6 Å². The van der Waals surface area contributed by atoms with Crippen molar-refractivity contribution in [3.8, 4) is 34.1 Å². The van der Waals surface area contributed by atoms with E-state index in [2.05, 4.69) is 10.6 Å². The van der Waals surface area contributed by atoms with Gasteiger partial charge in [0.05, 0.1) is 11.1 Å². The van der Waals surface area contributed by atoms with Crippen LogP contribution in [0.4, 0.5) is 4.39 Å². The van der Waals surface area contributed by atoms with Gasteiger partial charge in [-0.2, -0.15) is 0 Å². The molecule has 1 aliphatic rings. The average molecular weight is 675 g/mol. The number of Topliss-reactive ketones (excluding diaryl/α,β-unsaturated/α-hetero) is 2. The molecule has 7 rings (SSSR count). The highest BCUT2D eigenvalue weighted by molar-refractivity contribution is 6.14. The Labute approximate surface area is 285 Å². The fraction of sp³-hybridized carbons (Fsp3) is 0.179. The van der Waals surface area contributed by atoms with Crippen molar-refractivity contribution in [3.63, 3.8) is 0 Å². The fourth-order valence-electron chi connectivity index (χ4n) is 6.31. The first kappa shape index (κ1) is 32.3. The van der Waals surface area contributed by atoms with Crippen molar-refractivity contribution in [3.05, 3.63) is 106 Å². The van der Waals surface area contributed by atoms with Crippen LogP contribution in [0.2, 0.25) is 0 Å². The van der Waals surface area contributed by atoms with Gasteiger partial charge in [0.15, 0.2) is 11.6 Å². The lowest BCUT2D eigenvalue weighted by Crippen LogP contribution is -2.22. The minimum Gasteiger partial charge on any atom is -0.486 e. The maximum absolute atomic E-state index is 13.7. The predicted molar refractivity (Wildman–Crippen MR) is 183 cm³/mol. The van der Waals surface area contributed by atoms with Crippen molar-refractivity contribution in [1.29, 1.82) is 0 Å². The summed E-state index contributed by atoms with van der Waals surface area (Å²) >= 11 is 0. The molecule has 11 heteroatoms.